The van der Waals surface area contributed by atoms with E-state index in [1.807, 2.05) is 56.3 Å². The molecule has 29 heavy (non-hydrogen) atoms. The van der Waals surface area contributed by atoms with Gasteiger partial charge in [0.25, 0.3) is 5.91 Å². The SMILES string of the molecule is COc1ccc(CCn2c(C)c(C(N)=O)c(-c3ccc(Cl)cc3)c2C)cc1OC. The molecule has 0 aliphatic heterocycles. The first-order valence-electron chi connectivity index (χ1n) is 9.33. The second kappa shape index (κ2) is 8.62. The largest absolute Gasteiger partial charge is 0.493 e. The Hall–Kier alpha value is -2.92. The summed E-state index contributed by atoms with van der Waals surface area (Å²) in [5.41, 5.74) is 11.0. The molecule has 3 aromatic rings. The smallest absolute Gasteiger partial charge is 0.251 e. The Balaban J connectivity index is 1.97. The predicted octanol–water partition coefficient (Wildman–Crippen LogP) is 4.78. The molecule has 152 valence electrons. The van der Waals surface area contributed by atoms with Gasteiger partial charge < -0.3 is 19.8 Å². The minimum atomic E-state index is -0.430. The van der Waals surface area contributed by atoms with E-state index in [9.17, 15) is 4.79 Å². The Morgan fingerprint density at radius 2 is 1.66 bits per heavy atom. The van der Waals surface area contributed by atoms with E-state index in [0.29, 0.717) is 28.6 Å². The quantitative estimate of drug-likeness (QED) is 0.607. The monoisotopic (exact) mass is 412 g/mol. The lowest BCUT2D eigenvalue weighted by Gasteiger charge is -2.12. The van der Waals surface area contributed by atoms with E-state index in [0.717, 1.165) is 34.5 Å². The van der Waals surface area contributed by atoms with Crippen molar-refractivity contribution in [2.45, 2.75) is 26.8 Å². The first kappa shape index (κ1) is 20.8. The Morgan fingerprint density at radius 1 is 1.00 bits per heavy atom. The highest BCUT2D eigenvalue weighted by molar-refractivity contribution is 6.30. The topological polar surface area (TPSA) is 66.5 Å². The third kappa shape index (κ3) is 4.10. The molecule has 0 spiro atoms. The summed E-state index contributed by atoms with van der Waals surface area (Å²) in [5, 5.41) is 0.650. The number of amides is 1. The lowest BCUT2D eigenvalue weighted by molar-refractivity contribution is 0.1000. The number of ether oxygens (including phenoxy) is 2. The number of carbonyl (C=O) groups excluding carboxylic acids is 1. The molecule has 2 aromatic carbocycles. The van der Waals surface area contributed by atoms with E-state index in [-0.39, 0.29) is 0 Å². The van der Waals surface area contributed by atoms with E-state index in [1.165, 1.54) is 0 Å². The first-order valence-corrected chi connectivity index (χ1v) is 9.71. The first-order chi connectivity index (χ1) is 13.9. The van der Waals surface area contributed by atoms with Crippen LogP contribution >= 0.6 is 11.6 Å². The molecule has 1 aromatic heterocycles. The molecule has 0 saturated heterocycles. The fourth-order valence-corrected chi connectivity index (χ4v) is 3.89. The summed E-state index contributed by atoms with van der Waals surface area (Å²) in [6, 6.07) is 13.4. The van der Waals surface area contributed by atoms with Gasteiger partial charge in [0.1, 0.15) is 0 Å². The van der Waals surface area contributed by atoms with Crippen molar-refractivity contribution < 1.29 is 14.3 Å². The van der Waals surface area contributed by atoms with Crippen molar-refractivity contribution in [3.05, 3.63) is 70.0 Å². The minimum absolute atomic E-state index is 0.430. The average molecular weight is 413 g/mol. The Bertz CT molecular complexity index is 1040. The maximum atomic E-state index is 12.2. The number of halogens is 1. The van der Waals surface area contributed by atoms with Gasteiger partial charge >= 0.3 is 0 Å². The van der Waals surface area contributed by atoms with Crippen LogP contribution in [-0.2, 0) is 13.0 Å². The standard InChI is InChI=1S/C23H25ClN2O3/c1-14-21(17-6-8-18(24)9-7-17)22(23(25)27)15(2)26(14)12-11-16-5-10-19(28-3)20(13-16)29-4/h5-10,13H,11-12H2,1-4H3,(H2,25,27). The zero-order valence-electron chi connectivity index (χ0n) is 17.1. The van der Waals surface area contributed by atoms with Gasteiger partial charge in [0.15, 0.2) is 11.5 Å². The summed E-state index contributed by atoms with van der Waals surface area (Å²) in [6.07, 6.45) is 0.773. The molecular weight excluding hydrogens is 388 g/mol. The van der Waals surface area contributed by atoms with E-state index in [4.69, 9.17) is 26.8 Å². The zero-order valence-corrected chi connectivity index (χ0v) is 17.8. The summed E-state index contributed by atoms with van der Waals surface area (Å²) in [5.74, 6) is 0.969. The second-order valence-corrected chi connectivity index (χ2v) is 7.32. The minimum Gasteiger partial charge on any atom is -0.493 e. The van der Waals surface area contributed by atoms with Gasteiger partial charge in [-0.3, -0.25) is 4.79 Å². The van der Waals surface area contributed by atoms with Crippen molar-refractivity contribution in [1.29, 1.82) is 0 Å². The van der Waals surface area contributed by atoms with Crippen molar-refractivity contribution in [2.75, 3.05) is 14.2 Å². The van der Waals surface area contributed by atoms with Gasteiger partial charge in [-0.05, 0) is 55.7 Å². The Labute approximate surface area is 176 Å². The summed E-state index contributed by atoms with van der Waals surface area (Å²) in [6.45, 7) is 4.65. The van der Waals surface area contributed by atoms with Crippen LogP contribution in [0.2, 0.25) is 5.02 Å². The number of rotatable bonds is 7. The number of nitrogens with zero attached hydrogens (tertiary/aromatic N) is 1. The van der Waals surface area contributed by atoms with E-state index in [2.05, 4.69) is 4.57 Å². The van der Waals surface area contributed by atoms with E-state index in [1.54, 1.807) is 14.2 Å². The van der Waals surface area contributed by atoms with Crippen LogP contribution in [0.25, 0.3) is 11.1 Å². The molecule has 0 fully saturated rings. The molecule has 0 bridgehead atoms. The van der Waals surface area contributed by atoms with E-state index >= 15 is 0 Å². The molecule has 6 heteroatoms. The maximum absolute atomic E-state index is 12.2. The van der Waals surface area contributed by atoms with Crippen LogP contribution in [0.3, 0.4) is 0 Å². The molecule has 2 N–H and O–H groups in total. The molecule has 0 atom stereocenters. The molecular formula is C23H25ClN2O3. The lowest BCUT2D eigenvalue weighted by Crippen LogP contribution is -2.13. The van der Waals surface area contributed by atoms with Crippen molar-refractivity contribution in [2.24, 2.45) is 5.73 Å². The third-order valence-corrected chi connectivity index (χ3v) is 5.49. The summed E-state index contributed by atoms with van der Waals surface area (Å²) in [7, 11) is 3.24. The fourth-order valence-electron chi connectivity index (χ4n) is 3.77. The number of hydrogen-bond acceptors (Lipinski definition) is 3. The highest BCUT2D eigenvalue weighted by Gasteiger charge is 2.22. The number of benzene rings is 2. The Morgan fingerprint density at radius 3 is 2.24 bits per heavy atom. The molecule has 0 aliphatic carbocycles. The number of carbonyl (C=O) groups is 1. The third-order valence-electron chi connectivity index (χ3n) is 5.23. The molecule has 3 rings (SSSR count). The summed E-state index contributed by atoms with van der Waals surface area (Å²) in [4.78, 5) is 12.2. The van der Waals surface area contributed by atoms with Gasteiger partial charge in [-0.1, -0.05) is 29.8 Å². The van der Waals surface area contributed by atoms with Crippen LogP contribution in [0.15, 0.2) is 42.5 Å². The molecule has 5 nitrogen and oxygen atoms in total. The van der Waals surface area contributed by atoms with Crippen molar-refractivity contribution >= 4 is 17.5 Å². The van der Waals surface area contributed by atoms with Gasteiger partial charge in [-0.2, -0.15) is 0 Å². The van der Waals surface area contributed by atoms with Crippen LogP contribution in [0.1, 0.15) is 27.3 Å². The zero-order chi connectivity index (χ0) is 21.1. The molecule has 0 radical (unpaired) electrons. The van der Waals surface area contributed by atoms with Crippen molar-refractivity contribution in [3.63, 3.8) is 0 Å². The molecule has 0 aliphatic rings. The highest BCUT2D eigenvalue weighted by Crippen LogP contribution is 2.33. The van der Waals surface area contributed by atoms with Crippen LogP contribution in [0.5, 0.6) is 11.5 Å². The van der Waals surface area contributed by atoms with Gasteiger partial charge in [0.2, 0.25) is 0 Å². The van der Waals surface area contributed by atoms with Crippen LogP contribution in [0.4, 0.5) is 0 Å². The summed E-state index contributed by atoms with van der Waals surface area (Å²) >= 11 is 6.03. The predicted molar refractivity (Wildman–Crippen MR) is 116 cm³/mol. The highest BCUT2D eigenvalue weighted by atomic mass is 35.5. The van der Waals surface area contributed by atoms with Crippen molar-refractivity contribution in [3.8, 4) is 22.6 Å². The average Bonchev–Trinajstić information content (AvgIpc) is 2.96. The van der Waals surface area contributed by atoms with Gasteiger partial charge in [-0.15, -0.1) is 0 Å². The Kier molecular flexibility index (Phi) is 6.18. The number of aryl methyl sites for hydroxylation is 1. The number of primary amides is 1. The number of methoxy groups -OCH3 is 2. The van der Waals surface area contributed by atoms with Gasteiger partial charge in [0.05, 0.1) is 19.8 Å². The van der Waals surface area contributed by atoms with Crippen LogP contribution < -0.4 is 15.2 Å². The van der Waals surface area contributed by atoms with E-state index < -0.39 is 5.91 Å². The lowest BCUT2D eigenvalue weighted by atomic mass is 10.0. The molecule has 0 saturated carbocycles. The number of hydrogen-bond donors (Lipinski definition) is 1. The normalized spacial score (nSPS) is 10.8. The molecule has 0 unspecified atom stereocenters. The molecule has 1 amide bonds. The van der Waals surface area contributed by atoms with Crippen molar-refractivity contribution in [1.82, 2.24) is 4.57 Å². The van der Waals surface area contributed by atoms with Crippen LogP contribution in [0, 0.1) is 13.8 Å². The fraction of sp³-hybridized carbons (Fsp3) is 0.261. The maximum Gasteiger partial charge on any atom is 0.251 e. The van der Waals surface area contributed by atoms with Gasteiger partial charge in [-0.25, -0.2) is 0 Å². The molecule has 1 heterocycles. The summed E-state index contributed by atoms with van der Waals surface area (Å²) < 4.78 is 12.8. The van der Waals surface area contributed by atoms with Crippen LogP contribution in [-0.4, -0.2) is 24.7 Å². The van der Waals surface area contributed by atoms with Gasteiger partial charge in [0, 0.05) is 28.5 Å². The number of aromatic nitrogens is 1. The number of nitrogens with two attached hydrogens (primary N) is 1. The second-order valence-electron chi connectivity index (χ2n) is 6.88.